The molecule has 0 radical (unpaired) electrons. The molecule has 4 rings (SSSR count). The fraction of sp³-hybridized carbons (Fsp3) is 0.625. The van der Waals surface area contributed by atoms with Crippen LogP contribution in [0.5, 0.6) is 0 Å². The Kier molecular flexibility index (Phi) is 3.64. The van der Waals surface area contributed by atoms with E-state index in [1.165, 1.54) is 0 Å². The largest absolute Gasteiger partial charge is 0.374 e. The standard InChI is InChI=1S/C16H21N5O3/c1-9-12(8-20(3)18-9)16(22)21-6-7-23-10(2)13(21)15-17-14(19-24-15)11-4-5-11/h8,10-11,13H,4-7H2,1-3H3/t10-,13+/m1/s1. The number of aromatic nitrogens is 4. The van der Waals surface area contributed by atoms with E-state index >= 15 is 0 Å². The van der Waals surface area contributed by atoms with Gasteiger partial charge in [-0.1, -0.05) is 5.16 Å². The minimum atomic E-state index is -0.370. The molecule has 2 aliphatic rings. The molecule has 1 amide bonds. The van der Waals surface area contributed by atoms with Crippen LogP contribution in [0.1, 0.15) is 59.5 Å². The summed E-state index contributed by atoms with van der Waals surface area (Å²) in [5.74, 6) is 1.53. The van der Waals surface area contributed by atoms with Crippen LogP contribution in [0, 0.1) is 6.92 Å². The second-order valence-electron chi connectivity index (χ2n) is 6.59. The number of hydrogen-bond donors (Lipinski definition) is 0. The minimum Gasteiger partial charge on any atom is -0.374 e. The Balaban J connectivity index is 1.65. The second-order valence-corrected chi connectivity index (χ2v) is 6.59. The third-order valence-corrected chi connectivity index (χ3v) is 4.65. The highest BCUT2D eigenvalue weighted by Crippen LogP contribution is 2.39. The van der Waals surface area contributed by atoms with Crippen LogP contribution in [0.4, 0.5) is 0 Å². The highest BCUT2D eigenvalue weighted by molar-refractivity contribution is 5.95. The summed E-state index contributed by atoms with van der Waals surface area (Å²) >= 11 is 0. The van der Waals surface area contributed by atoms with Gasteiger partial charge in [0, 0.05) is 25.7 Å². The summed E-state index contributed by atoms with van der Waals surface area (Å²) < 4.78 is 12.9. The monoisotopic (exact) mass is 331 g/mol. The second kappa shape index (κ2) is 5.70. The molecule has 8 nitrogen and oxygen atoms in total. The summed E-state index contributed by atoms with van der Waals surface area (Å²) in [7, 11) is 1.81. The van der Waals surface area contributed by atoms with Crippen LogP contribution in [-0.2, 0) is 11.8 Å². The van der Waals surface area contributed by atoms with Crippen LogP contribution in [0.2, 0.25) is 0 Å². The number of amides is 1. The van der Waals surface area contributed by atoms with Gasteiger partial charge >= 0.3 is 0 Å². The molecule has 0 spiro atoms. The van der Waals surface area contributed by atoms with Crippen molar-refractivity contribution in [3.63, 3.8) is 0 Å². The van der Waals surface area contributed by atoms with Crippen molar-refractivity contribution in [2.24, 2.45) is 7.05 Å². The molecule has 0 bridgehead atoms. The summed E-state index contributed by atoms with van der Waals surface area (Å²) in [6.45, 7) is 4.75. The molecule has 1 saturated carbocycles. The topological polar surface area (TPSA) is 86.3 Å². The number of aryl methyl sites for hydroxylation is 2. The van der Waals surface area contributed by atoms with Crippen LogP contribution in [0.25, 0.3) is 0 Å². The van der Waals surface area contributed by atoms with Crippen LogP contribution in [-0.4, -0.2) is 50.0 Å². The normalized spacial score (nSPS) is 24.4. The summed E-state index contributed by atoms with van der Waals surface area (Å²) in [5.41, 5.74) is 1.31. The first-order chi connectivity index (χ1) is 11.5. The van der Waals surface area contributed by atoms with Crippen LogP contribution in [0.15, 0.2) is 10.7 Å². The maximum Gasteiger partial charge on any atom is 0.258 e. The van der Waals surface area contributed by atoms with E-state index in [1.54, 1.807) is 15.8 Å². The smallest absolute Gasteiger partial charge is 0.258 e. The highest BCUT2D eigenvalue weighted by Gasteiger charge is 2.40. The van der Waals surface area contributed by atoms with Gasteiger partial charge in [-0.25, -0.2) is 0 Å². The molecule has 0 N–H and O–H groups in total. The van der Waals surface area contributed by atoms with Crippen molar-refractivity contribution in [1.29, 1.82) is 0 Å². The van der Waals surface area contributed by atoms with Crippen molar-refractivity contribution < 1.29 is 14.1 Å². The molecule has 2 aromatic heterocycles. The average molecular weight is 331 g/mol. The summed E-state index contributed by atoms with van der Waals surface area (Å²) in [4.78, 5) is 19.3. The first-order valence-corrected chi connectivity index (χ1v) is 8.31. The van der Waals surface area contributed by atoms with Crippen LogP contribution >= 0.6 is 0 Å². The molecule has 2 fully saturated rings. The van der Waals surface area contributed by atoms with E-state index in [1.807, 2.05) is 20.9 Å². The third kappa shape index (κ3) is 2.60. The Morgan fingerprint density at radius 1 is 1.38 bits per heavy atom. The van der Waals surface area contributed by atoms with E-state index in [0.717, 1.165) is 18.7 Å². The molecule has 2 aromatic rings. The van der Waals surface area contributed by atoms with E-state index in [0.29, 0.717) is 36.2 Å². The van der Waals surface area contributed by atoms with Gasteiger partial charge in [-0.15, -0.1) is 0 Å². The van der Waals surface area contributed by atoms with Gasteiger partial charge in [0.15, 0.2) is 5.82 Å². The van der Waals surface area contributed by atoms with Crippen molar-refractivity contribution in [3.05, 3.63) is 29.2 Å². The number of ether oxygens (including phenoxy) is 1. The molecular formula is C16H21N5O3. The van der Waals surface area contributed by atoms with Crippen molar-refractivity contribution in [1.82, 2.24) is 24.8 Å². The number of carbonyl (C=O) groups excluding carboxylic acids is 1. The SMILES string of the molecule is Cc1nn(C)cc1C(=O)N1CCO[C@H](C)[C@H]1c1nc(C2CC2)no1. The fourth-order valence-corrected chi connectivity index (χ4v) is 3.22. The summed E-state index contributed by atoms with van der Waals surface area (Å²) in [6.07, 6.45) is 3.76. The maximum absolute atomic E-state index is 13.0. The molecule has 3 heterocycles. The fourth-order valence-electron chi connectivity index (χ4n) is 3.22. The first-order valence-electron chi connectivity index (χ1n) is 8.31. The van der Waals surface area contributed by atoms with Gasteiger partial charge in [-0.05, 0) is 26.7 Å². The van der Waals surface area contributed by atoms with E-state index in [4.69, 9.17) is 9.26 Å². The lowest BCUT2D eigenvalue weighted by atomic mass is 10.1. The Bertz CT molecular complexity index is 764. The molecule has 0 aromatic carbocycles. The number of rotatable bonds is 3. The number of morpholine rings is 1. The number of nitrogens with zero attached hydrogens (tertiary/aromatic N) is 5. The van der Waals surface area contributed by atoms with Crippen molar-refractivity contribution in [2.45, 2.75) is 44.8 Å². The van der Waals surface area contributed by atoms with Crippen LogP contribution in [0.3, 0.4) is 0 Å². The van der Waals surface area contributed by atoms with Gasteiger partial charge in [0.2, 0.25) is 0 Å². The lowest BCUT2D eigenvalue weighted by molar-refractivity contribution is -0.0600. The first kappa shape index (κ1) is 15.3. The predicted octanol–water partition coefficient (Wildman–Crippen LogP) is 1.59. The molecule has 1 saturated heterocycles. The molecule has 1 aliphatic heterocycles. The molecule has 1 aliphatic carbocycles. The zero-order valence-corrected chi connectivity index (χ0v) is 14.1. The van der Waals surface area contributed by atoms with Gasteiger partial charge in [0.1, 0.15) is 6.04 Å². The van der Waals surface area contributed by atoms with Gasteiger partial charge in [-0.2, -0.15) is 10.1 Å². The molecule has 0 unspecified atom stereocenters. The van der Waals surface area contributed by atoms with Crippen molar-refractivity contribution in [3.8, 4) is 0 Å². The van der Waals surface area contributed by atoms with E-state index in [2.05, 4.69) is 15.2 Å². The average Bonchev–Trinajstić information content (AvgIpc) is 3.19. The van der Waals surface area contributed by atoms with Gasteiger partial charge in [-0.3, -0.25) is 9.48 Å². The lowest BCUT2D eigenvalue weighted by Gasteiger charge is -2.37. The van der Waals surface area contributed by atoms with E-state index < -0.39 is 0 Å². The number of hydrogen-bond acceptors (Lipinski definition) is 6. The molecule has 24 heavy (non-hydrogen) atoms. The number of carbonyl (C=O) groups is 1. The molecule has 128 valence electrons. The van der Waals surface area contributed by atoms with Crippen molar-refractivity contribution >= 4 is 5.91 Å². The highest BCUT2D eigenvalue weighted by atomic mass is 16.5. The van der Waals surface area contributed by atoms with E-state index in [9.17, 15) is 4.79 Å². The maximum atomic E-state index is 13.0. The van der Waals surface area contributed by atoms with Crippen molar-refractivity contribution in [2.75, 3.05) is 13.2 Å². The third-order valence-electron chi connectivity index (χ3n) is 4.65. The van der Waals surface area contributed by atoms with E-state index in [-0.39, 0.29) is 18.1 Å². The zero-order chi connectivity index (χ0) is 16.8. The van der Waals surface area contributed by atoms with Gasteiger partial charge < -0.3 is 14.2 Å². The predicted molar refractivity (Wildman–Crippen MR) is 83.4 cm³/mol. The van der Waals surface area contributed by atoms with Gasteiger partial charge in [0.25, 0.3) is 11.8 Å². The zero-order valence-electron chi connectivity index (χ0n) is 14.1. The minimum absolute atomic E-state index is 0.0769. The molecule has 2 atom stereocenters. The molecule has 8 heteroatoms. The van der Waals surface area contributed by atoms with Gasteiger partial charge in [0.05, 0.1) is 24.0 Å². The Hall–Kier alpha value is -2.22. The lowest BCUT2D eigenvalue weighted by Crippen LogP contribution is -2.47. The quantitative estimate of drug-likeness (QED) is 0.849. The summed E-state index contributed by atoms with van der Waals surface area (Å²) in [6, 6.07) is -0.370. The Morgan fingerprint density at radius 3 is 2.83 bits per heavy atom. The van der Waals surface area contributed by atoms with Crippen LogP contribution < -0.4 is 0 Å². The summed E-state index contributed by atoms with van der Waals surface area (Å²) in [5, 5.41) is 8.35. The molecular weight excluding hydrogens is 310 g/mol. The Labute approximate surface area is 139 Å². The Morgan fingerprint density at radius 2 is 2.17 bits per heavy atom.